The minimum atomic E-state index is -0.612. The summed E-state index contributed by atoms with van der Waals surface area (Å²) < 4.78 is 11.2. The van der Waals surface area contributed by atoms with Crippen LogP contribution in [-0.4, -0.2) is 16.2 Å². The van der Waals surface area contributed by atoms with Crippen LogP contribution < -0.4 is 0 Å². The van der Waals surface area contributed by atoms with Crippen molar-refractivity contribution in [1.29, 1.82) is 0 Å². The van der Waals surface area contributed by atoms with E-state index in [0.717, 1.165) is 5.75 Å². The summed E-state index contributed by atoms with van der Waals surface area (Å²) in [5.74, 6) is 1.60. The molecule has 0 heterocycles. The van der Waals surface area contributed by atoms with Crippen LogP contribution in [0.3, 0.4) is 0 Å². The highest BCUT2D eigenvalue weighted by atomic mass is 32.2. The maximum Gasteiger partial charge on any atom is 0.0260 e. The smallest absolute Gasteiger partial charge is 0.0260 e. The molecule has 0 saturated carbocycles. The lowest BCUT2D eigenvalue weighted by Crippen LogP contribution is -2.09. The van der Waals surface area contributed by atoms with E-state index in [2.05, 4.69) is 13.8 Å². The van der Waals surface area contributed by atoms with Crippen LogP contribution in [0, 0.1) is 5.92 Å². The van der Waals surface area contributed by atoms with Gasteiger partial charge in [0, 0.05) is 22.8 Å². The first-order valence-electron chi connectivity index (χ1n) is 9.50. The van der Waals surface area contributed by atoms with Gasteiger partial charge in [0.2, 0.25) is 0 Å². The van der Waals surface area contributed by atoms with Crippen molar-refractivity contribution in [3.05, 3.63) is 0 Å². The van der Waals surface area contributed by atoms with Gasteiger partial charge in [-0.2, -0.15) is 0 Å². The van der Waals surface area contributed by atoms with Crippen molar-refractivity contribution >= 4 is 10.8 Å². The van der Waals surface area contributed by atoms with E-state index in [1.54, 1.807) is 0 Å². The Balaban J connectivity index is 3.19. The van der Waals surface area contributed by atoms with Gasteiger partial charge < -0.3 is 0 Å². The number of hydrogen-bond donors (Lipinski definition) is 0. The van der Waals surface area contributed by atoms with E-state index in [9.17, 15) is 4.21 Å². The largest absolute Gasteiger partial charge is 0.260 e. The van der Waals surface area contributed by atoms with Gasteiger partial charge in [-0.25, -0.2) is 0 Å². The lowest BCUT2D eigenvalue weighted by molar-refractivity contribution is 0.471. The Bertz CT molecular complexity index is 228. The summed E-state index contributed by atoms with van der Waals surface area (Å²) in [4.78, 5) is 0. The molecular weight excluding hydrogens is 276 g/mol. The summed E-state index contributed by atoms with van der Waals surface area (Å²) in [6, 6.07) is 0. The van der Waals surface area contributed by atoms with E-state index >= 15 is 0 Å². The number of rotatable bonds is 16. The van der Waals surface area contributed by atoms with Crippen LogP contribution in [0.1, 0.15) is 104 Å². The fourth-order valence-electron chi connectivity index (χ4n) is 3.01. The highest BCUT2D eigenvalue weighted by Gasteiger charge is 2.07. The highest BCUT2D eigenvalue weighted by Crippen LogP contribution is 2.16. The Labute approximate surface area is 137 Å². The van der Waals surface area contributed by atoms with Crippen molar-refractivity contribution in [2.75, 3.05) is 12.0 Å². The maximum atomic E-state index is 11.2. The molecule has 0 bridgehead atoms. The standard InChI is InChI=1S/C19H40OS/c1-4-6-7-8-9-10-11-12-13-14-15-16-17-19(5-2)18-21(3)20/h19H,4-18H2,1-3H3. The van der Waals surface area contributed by atoms with Crippen LogP contribution in [0.15, 0.2) is 0 Å². The summed E-state index contributed by atoms with van der Waals surface area (Å²) in [5, 5.41) is 0. The first kappa shape index (κ1) is 21.1. The van der Waals surface area contributed by atoms with E-state index in [-0.39, 0.29) is 0 Å². The second kappa shape index (κ2) is 16.5. The molecule has 0 aromatic heterocycles. The van der Waals surface area contributed by atoms with Crippen LogP contribution in [0.5, 0.6) is 0 Å². The summed E-state index contributed by atoms with van der Waals surface area (Å²) in [6.07, 6.45) is 21.3. The molecule has 0 rings (SSSR count). The monoisotopic (exact) mass is 316 g/mol. The highest BCUT2D eigenvalue weighted by molar-refractivity contribution is 7.84. The van der Waals surface area contributed by atoms with Crippen LogP contribution in [0.4, 0.5) is 0 Å². The molecule has 2 atom stereocenters. The van der Waals surface area contributed by atoms with Crippen LogP contribution in [0.25, 0.3) is 0 Å². The van der Waals surface area contributed by atoms with Crippen molar-refractivity contribution in [3.8, 4) is 0 Å². The minimum Gasteiger partial charge on any atom is -0.260 e. The molecule has 128 valence electrons. The van der Waals surface area contributed by atoms with Crippen LogP contribution in [-0.2, 0) is 10.8 Å². The average Bonchev–Trinajstić information content (AvgIpc) is 2.46. The van der Waals surface area contributed by atoms with E-state index in [0.29, 0.717) is 5.92 Å². The van der Waals surface area contributed by atoms with Gasteiger partial charge in [0.15, 0.2) is 0 Å². The Morgan fingerprint density at radius 1 is 0.714 bits per heavy atom. The quantitative estimate of drug-likeness (QED) is 0.298. The van der Waals surface area contributed by atoms with Crippen LogP contribution >= 0.6 is 0 Å². The van der Waals surface area contributed by atoms with Gasteiger partial charge in [-0.05, 0) is 12.3 Å². The predicted molar refractivity (Wildman–Crippen MR) is 98.4 cm³/mol. The van der Waals surface area contributed by atoms with Gasteiger partial charge >= 0.3 is 0 Å². The molecule has 0 amide bonds. The van der Waals surface area contributed by atoms with Gasteiger partial charge in [0.05, 0.1) is 0 Å². The van der Waals surface area contributed by atoms with Crippen LogP contribution in [0.2, 0.25) is 0 Å². The molecule has 0 radical (unpaired) electrons. The average molecular weight is 317 g/mol. The Morgan fingerprint density at radius 2 is 1.14 bits per heavy atom. The van der Waals surface area contributed by atoms with Gasteiger partial charge in [-0.3, -0.25) is 4.21 Å². The maximum absolute atomic E-state index is 11.2. The second-order valence-corrected chi connectivity index (χ2v) is 8.17. The van der Waals surface area contributed by atoms with Crippen molar-refractivity contribution in [3.63, 3.8) is 0 Å². The molecule has 2 unspecified atom stereocenters. The topological polar surface area (TPSA) is 17.1 Å². The van der Waals surface area contributed by atoms with E-state index < -0.39 is 10.8 Å². The van der Waals surface area contributed by atoms with Gasteiger partial charge in [0.1, 0.15) is 0 Å². The molecule has 0 spiro atoms. The zero-order valence-electron chi connectivity index (χ0n) is 15.0. The number of unbranched alkanes of at least 4 members (excludes halogenated alkanes) is 11. The summed E-state index contributed by atoms with van der Waals surface area (Å²) in [6.45, 7) is 4.52. The fourth-order valence-corrected chi connectivity index (χ4v) is 4.08. The first-order chi connectivity index (χ1) is 10.2. The minimum absolute atomic E-state index is 0.612. The Morgan fingerprint density at radius 3 is 1.52 bits per heavy atom. The molecule has 21 heavy (non-hydrogen) atoms. The molecule has 0 aliphatic heterocycles. The molecule has 0 aliphatic carbocycles. The van der Waals surface area contributed by atoms with Gasteiger partial charge in [0.25, 0.3) is 0 Å². The van der Waals surface area contributed by atoms with Gasteiger partial charge in [-0.15, -0.1) is 0 Å². The third-order valence-electron chi connectivity index (χ3n) is 4.51. The summed E-state index contributed by atoms with van der Waals surface area (Å²) in [5.41, 5.74) is 0. The Kier molecular flexibility index (Phi) is 16.6. The molecule has 0 aromatic rings. The zero-order chi connectivity index (χ0) is 15.8. The molecule has 1 nitrogen and oxygen atoms in total. The van der Waals surface area contributed by atoms with E-state index in [4.69, 9.17) is 0 Å². The third kappa shape index (κ3) is 16.3. The van der Waals surface area contributed by atoms with E-state index in [1.165, 1.54) is 89.9 Å². The molecular formula is C19H40OS. The van der Waals surface area contributed by atoms with Gasteiger partial charge in [-0.1, -0.05) is 97.3 Å². The molecule has 0 N–H and O–H groups in total. The van der Waals surface area contributed by atoms with Crippen molar-refractivity contribution in [2.45, 2.75) is 104 Å². The molecule has 0 fully saturated rings. The lowest BCUT2D eigenvalue weighted by Gasteiger charge is -2.12. The SMILES string of the molecule is CCCCCCCCCCCCCCC(CC)CS(C)=O. The molecule has 2 heteroatoms. The second-order valence-electron chi connectivity index (χ2n) is 6.69. The van der Waals surface area contributed by atoms with Crippen molar-refractivity contribution in [1.82, 2.24) is 0 Å². The van der Waals surface area contributed by atoms with Crippen molar-refractivity contribution in [2.24, 2.45) is 5.92 Å². The van der Waals surface area contributed by atoms with Crippen molar-refractivity contribution < 1.29 is 4.21 Å². The molecule has 0 aliphatic rings. The predicted octanol–water partition coefficient (Wildman–Crippen LogP) is 6.48. The fraction of sp³-hybridized carbons (Fsp3) is 1.00. The summed E-state index contributed by atoms with van der Waals surface area (Å²) in [7, 11) is -0.612. The Hall–Kier alpha value is 0.150. The first-order valence-corrected chi connectivity index (χ1v) is 11.2. The summed E-state index contributed by atoms with van der Waals surface area (Å²) >= 11 is 0. The number of hydrogen-bond acceptors (Lipinski definition) is 1. The third-order valence-corrected chi connectivity index (χ3v) is 5.45. The molecule has 0 saturated heterocycles. The molecule has 0 aromatic carbocycles. The normalized spacial score (nSPS) is 14.2. The lowest BCUT2D eigenvalue weighted by atomic mass is 9.99. The van der Waals surface area contributed by atoms with E-state index in [1.807, 2.05) is 6.26 Å². The zero-order valence-corrected chi connectivity index (χ0v) is 15.8.